The van der Waals surface area contributed by atoms with Gasteiger partial charge in [0, 0.05) is 33.0 Å². The summed E-state index contributed by atoms with van der Waals surface area (Å²) >= 11 is 0. The Morgan fingerprint density at radius 2 is 1.63 bits per heavy atom. The van der Waals surface area contributed by atoms with Crippen molar-refractivity contribution >= 4 is 29.9 Å². The minimum atomic E-state index is 0. The van der Waals surface area contributed by atoms with Crippen LogP contribution in [-0.2, 0) is 19.6 Å². The molecular formula is C21H26IN5. The molecule has 2 aromatic carbocycles. The van der Waals surface area contributed by atoms with Crippen molar-refractivity contribution in [3.63, 3.8) is 0 Å². The molecule has 1 heterocycles. The van der Waals surface area contributed by atoms with Gasteiger partial charge in [-0.05, 0) is 11.1 Å². The Morgan fingerprint density at radius 1 is 1.00 bits per heavy atom. The van der Waals surface area contributed by atoms with Gasteiger partial charge in [0.1, 0.15) is 5.82 Å². The molecule has 27 heavy (non-hydrogen) atoms. The predicted octanol–water partition coefficient (Wildman–Crippen LogP) is 3.76. The van der Waals surface area contributed by atoms with Crippen molar-refractivity contribution in [1.82, 2.24) is 19.8 Å². The summed E-state index contributed by atoms with van der Waals surface area (Å²) < 4.78 is 2.16. The number of imidazole rings is 1. The lowest BCUT2D eigenvalue weighted by Crippen LogP contribution is -2.36. The van der Waals surface area contributed by atoms with Crippen molar-refractivity contribution in [3.8, 4) is 0 Å². The van der Waals surface area contributed by atoms with Crippen LogP contribution >= 0.6 is 24.0 Å². The highest BCUT2D eigenvalue weighted by Gasteiger charge is 2.07. The standard InChI is InChI=1S/C21H25N5.HI/c1-25(2)21(23-15-18-9-5-3-6-10-18)24-16-20-22-13-14-26(20)17-19-11-7-4-8-12-19;/h3-14H,15-17H2,1-2H3,(H,23,24);1H. The smallest absolute Gasteiger partial charge is 0.194 e. The molecule has 0 aliphatic rings. The zero-order valence-electron chi connectivity index (χ0n) is 15.7. The van der Waals surface area contributed by atoms with Gasteiger partial charge in [-0.2, -0.15) is 0 Å². The van der Waals surface area contributed by atoms with Gasteiger partial charge in [0.2, 0.25) is 0 Å². The molecule has 0 aliphatic carbocycles. The van der Waals surface area contributed by atoms with E-state index >= 15 is 0 Å². The molecule has 0 fully saturated rings. The molecule has 0 atom stereocenters. The first-order valence-electron chi connectivity index (χ1n) is 8.76. The molecule has 5 nitrogen and oxygen atoms in total. The fourth-order valence-corrected chi connectivity index (χ4v) is 2.69. The molecule has 1 aromatic heterocycles. The van der Waals surface area contributed by atoms with Gasteiger partial charge < -0.3 is 14.8 Å². The van der Waals surface area contributed by atoms with Crippen molar-refractivity contribution in [2.75, 3.05) is 14.1 Å². The molecule has 0 unspecified atom stereocenters. The molecule has 0 spiro atoms. The first kappa shape index (κ1) is 21.0. The zero-order chi connectivity index (χ0) is 18.2. The first-order valence-corrected chi connectivity index (χ1v) is 8.76. The summed E-state index contributed by atoms with van der Waals surface area (Å²) in [4.78, 5) is 11.2. The lowest BCUT2D eigenvalue weighted by molar-refractivity contribution is 0.570. The van der Waals surface area contributed by atoms with E-state index in [1.165, 1.54) is 11.1 Å². The van der Waals surface area contributed by atoms with Crippen LogP contribution in [0.2, 0.25) is 0 Å². The van der Waals surface area contributed by atoms with Gasteiger partial charge in [-0.25, -0.2) is 9.98 Å². The van der Waals surface area contributed by atoms with E-state index in [-0.39, 0.29) is 24.0 Å². The topological polar surface area (TPSA) is 45.4 Å². The van der Waals surface area contributed by atoms with Crippen LogP contribution in [0.5, 0.6) is 0 Å². The minimum Gasteiger partial charge on any atom is -0.349 e. The largest absolute Gasteiger partial charge is 0.349 e. The monoisotopic (exact) mass is 475 g/mol. The van der Waals surface area contributed by atoms with E-state index in [4.69, 9.17) is 4.99 Å². The molecule has 0 amide bonds. The highest BCUT2D eigenvalue weighted by molar-refractivity contribution is 14.0. The van der Waals surface area contributed by atoms with Crippen LogP contribution in [0.1, 0.15) is 17.0 Å². The van der Waals surface area contributed by atoms with E-state index in [2.05, 4.69) is 51.3 Å². The molecule has 6 heteroatoms. The van der Waals surface area contributed by atoms with E-state index < -0.39 is 0 Å². The Balaban J connectivity index is 0.00000261. The Morgan fingerprint density at radius 3 is 2.26 bits per heavy atom. The van der Waals surface area contributed by atoms with Gasteiger partial charge in [-0.1, -0.05) is 60.7 Å². The third-order valence-electron chi connectivity index (χ3n) is 4.08. The minimum absolute atomic E-state index is 0. The zero-order valence-corrected chi connectivity index (χ0v) is 18.1. The second kappa shape index (κ2) is 10.7. The van der Waals surface area contributed by atoms with Gasteiger partial charge in [0.15, 0.2) is 5.96 Å². The van der Waals surface area contributed by atoms with Crippen molar-refractivity contribution in [2.24, 2.45) is 4.99 Å². The number of aliphatic imine (C=N–C) groups is 1. The molecule has 0 aliphatic heterocycles. The van der Waals surface area contributed by atoms with Crippen LogP contribution in [0, 0.1) is 0 Å². The second-order valence-electron chi connectivity index (χ2n) is 6.33. The third kappa shape index (κ3) is 6.39. The van der Waals surface area contributed by atoms with Crippen LogP contribution in [0.3, 0.4) is 0 Å². The van der Waals surface area contributed by atoms with Gasteiger partial charge in [0.25, 0.3) is 0 Å². The Kier molecular flexibility index (Phi) is 8.32. The van der Waals surface area contributed by atoms with E-state index in [9.17, 15) is 0 Å². The lowest BCUT2D eigenvalue weighted by atomic mass is 10.2. The molecule has 0 saturated heterocycles. The SMILES string of the molecule is CN(C)C(=NCc1ccccc1)NCc1nccn1Cc1ccccc1.I. The van der Waals surface area contributed by atoms with Gasteiger partial charge >= 0.3 is 0 Å². The Bertz CT molecular complexity index is 828. The maximum absolute atomic E-state index is 4.70. The number of nitrogens with one attached hydrogen (secondary N) is 1. The highest BCUT2D eigenvalue weighted by Crippen LogP contribution is 2.06. The van der Waals surface area contributed by atoms with Crippen molar-refractivity contribution in [3.05, 3.63) is 90.0 Å². The van der Waals surface area contributed by atoms with E-state index in [1.807, 2.05) is 55.7 Å². The Hall–Kier alpha value is -2.35. The summed E-state index contributed by atoms with van der Waals surface area (Å²) in [5.41, 5.74) is 2.46. The maximum atomic E-state index is 4.70. The predicted molar refractivity (Wildman–Crippen MR) is 121 cm³/mol. The van der Waals surface area contributed by atoms with E-state index in [0.29, 0.717) is 13.1 Å². The summed E-state index contributed by atoms with van der Waals surface area (Å²) in [5.74, 6) is 1.84. The van der Waals surface area contributed by atoms with Crippen LogP contribution in [-0.4, -0.2) is 34.5 Å². The summed E-state index contributed by atoms with van der Waals surface area (Å²) in [5, 5.41) is 3.41. The molecule has 142 valence electrons. The molecular weight excluding hydrogens is 449 g/mol. The number of benzene rings is 2. The van der Waals surface area contributed by atoms with Gasteiger partial charge in [-0.3, -0.25) is 0 Å². The number of hydrogen-bond donors (Lipinski definition) is 1. The molecule has 0 saturated carbocycles. The van der Waals surface area contributed by atoms with Crippen LogP contribution in [0.25, 0.3) is 0 Å². The van der Waals surface area contributed by atoms with Crippen molar-refractivity contribution in [1.29, 1.82) is 0 Å². The van der Waals surface area contributed by atoms with Gasteiger partial charge in [-0.15, -0.1) is 24.0 Å². The summed E-state index contributed by atoms with van der Waals surface area (Å²) in [6.07, 6.45) is 3.86. The summed E-state index contributed by atoms with van der Waals surface area (Å²) in [7, 11) is 3.99. The van der Waals surface area contributed by atoms with Crippen LogP contribution < -0.4 is 5.32 Å². The van der Waals surface area contributed by atoms with Gasteiger partial charge in [0.05, 0.1) is 13.1 Å². The number of nitrogens with zero attached hydrogens (tertiary/aromatic N) is 4. The lowest BCUT2D eigenvalue weighted by Gasteiger charge is -2.18. The average molecular weight is 475 g/mol. The molecule has 3 aromatic rings. The van der Waals surface area contributed by atoms with E-state index in [0.717, 1.165) is 18.3 Å². The van der Waals surface area contributed by atoms with Crippen LogP contribution in [0.4, 0.5) is 0 Å². The van der Waals surface area contributed by atoms with Crippen molar-refractivity contribution in [2.45, 2.75) is 19.6 Å². The van der Waals surface area contributed by atoms with E-state index in [1.54, 1.807) is 0 Å². The third-order valence-corrected chi connectivity index (χ3v) is 4.08. The van der Waals surface area contributed by atoms with Crippen LogP contribution in [0.15, 0.2) is 78.0 Å². The fourth-order valence-electron chi connectivity index (χ4n) is 2.69. The Labute approximate surface area is 178 Å². The number of halogens is 1. The number of hydrogen-bond acceptors (Lipinski definition) is 2. The molecule has 3 rings (SSSR count). The number of rotatable bonds is 6. The normalized spacial score (nSPS) is 11.0. The summed E-state index contributed by atoms with van der Waals surface area (Å²) in [6, 6.07) is 20.7. The fraction of sp³-hybridized carbons (Fsp3) is 0.238. The molecule has 1 N–H and O–H groups in total. The second-order valence-corrected chi connectivity index (χ2v) is 6.33. The molecule has 0 bridgehead atoms. The maximum Gasteiger partial charge on any atom is 0.194 e. The first-order chi connectivity index (χ1) is 12.7. The molecule has 0 radical (unpaired) electrons. The number of aromatic nitrogens is 2. The quantitative estimate of drug-likeness (QED) is 0.336. The average Bonchev–Trinajstić information content (AvgIpc) is 3.10. The summed E-state index contributed by atoms with van der Waals surface area (Å²) in [6.45, 7) is 2.10. The highest BCUT2D eigenvalue weighted by atomic mass is 127. The number of guanidine groups is 1. The van der Waals surface area contributed by atoms with Crippen molar-refractivity contribution < 1.29 is 0 Å².